The third-order valence-corrected chi connectivity index (χ3v) is 5.66. The Kier molecular flexibility index (Phi) is 3.84. The minimum Gasteiger partial charge on any atom is -0.322 e. The number of nitrogens with one attached hydrogen (secondary N) is 1. The summed E-state index contributed by atoms with van der Waals surface area (Å²) >= 11 is 2.68. The number of benzene rings is 2. The number of thiazole rings is 1. The number of nitrogens with zero attached hydrogens (tertiary/aromatic N) is 4. The van der Waals surface area contributed by atoms with Gasteiger partial charge in [-0.25, -0.2) is 9.97 Å². The maximum atomic E-state index is 12.5. The number of rotatable bonds is 3. The lowest BCUT2D eigenvalue weighted by Crippen LogP contribution is -2.11. The number of pyridine rings is 1. The van der Waals surface area contributed by atoms with Gasteiger partial charge < -0.3 is 5.32 Å². The molecule has 0 aliphatic rings. The Hall–Kier alpha value is -3.23. The van der Waals surface area contributed by atoms with Gasteiger partial charge in [-0.2, -0.15) is 8.75 Å². The molecule has 0 fully saturated rings. The van der Waals surface area contributed by atoms with Crippen molar-refractivity contribution < 1.29 is 4.79 Å². The van der Waals surface area contributed by atoms with Gasteiger partial charge in [0.25, 0.3) is 5.91 Å². The first-order valence-corrected chi connectivity index (χ1v) is 9.67. The smallest absolute Gasteiger partial charge is 0.255 e. The van der Waals surface area contributed by atoms with E-state index >= 15 is 0 Å². The van der Waals surface area contributed by atoms with E-state index in [-0.39, 0.29) is 5.91 Å². The number of carbonyl (C=O) groups excluding carboxylic acids is 1. The van der Waals surface area contributed by atoms with E-state index in [1.165, 1.54) is 0 Å². The normalized spacial score (nSPS) is 11.1. The molecule has 0 saturated carbocycles. The van der Waals surface area contributed by atoms with E-state index < -0.39 is 0 Å². The lowest BCUT2D eigenvalue weighted by molar-refractivity contribution is 0.102. The Morgan fingerprint density at radius 1 is 0.926 bits per heavy atom. The summed E-state index contributed by atoms with van der Waals surface area (Å²) in [5, 5.41) is 3.81. The van der Waals surface area contributed by atoms with Gasteiger partial charge in [0, 0.05) is 23.0 Å². The molecule has 3 heterocycles. The third-order valence-electron chi connectivity index (χ3n) is 4.07. The van der Waals surface area contributed by atoms with Crippen LogP contribution in [-0.2, 0) is 0 Å². The molecule has 0 aliphatic heterocycles. The third kappa shape index (κ3) is 3.05. The average Bonchev–Trinajstić information content (AvgIpc) is 3.34. The first kappa shape index (κ1) is 16.0. The number of amides is 1. The zero-order valence-corrected chi connectivity index (χ0v) is 15.4. The molecule has 5 rings (SSSR count). The van der Waals surface area contributed by atoms with Crippen molar-refractivity contribution in [2.45, 2.75) is 0 Å². The predicted molar refractivity (Wildman–Crippen MR) is 108 cm³/mol. The van der Waals surface area contributed by atoms with Gasteiger partial charge in [-0.3, -0.25) is 4.79 Å². The molecule has 0 bridgehead atoms. The van der Waals surface area contributed by atoms with Gasteiger partial charge in [0.2, 0.25) is 0 Å². The second-order valence-corrected chi connectivity index (χ2v) is 7.35. The van der Waals surface area contributed by atoms with E-state index in [1.54, 1.807) is 35.7 Å². The Labute approximate surface area is 161 Å². The molecular weight excluding hydrogens is 378 g/mol. The van der Waals surface area contributed by atoms with Gasteiger partial charge >= 0.3 is 0 Å². The van der Waals surface area contributed by atoms with Crippen molar-refractivity contribution in [2.24, 2.45) is 0 Å². The first-order valence-electron chi connectivity index (χ1n) is 8.12. The largest absolute Gasteiger partial charge is 0.322 e. The quantitative estimate of drug-likeness (QED) is 0.487. The monoisotopic (exact) mass is 389 g/mol. The molecule has 0 aliphatic carbocycles. The van der Waals surface area contributed by atoms with E-state index in [1.807, 2.05) is 36.4 Å². The number of carbonyl (C=O) groups is 1. The highest BCUT2D eigenvalue weighted by atomic mass is 32.1. The van der Waals surface area contributed by atoms with Crippen LogP contribution in [0.4, 0.5) is 5.69 Å². The van der Waals surface area contributed by atoms with Crippen molar-refractivity contribution >= 4 is 56.0 Å². The van der Waals surface area contributed by atoms with Gasteiger partial charge in [-0.15, -0.1) is 0 Å². The molecule has 130 valence electrons. The van der Waals surface area contributed by atoms with E-state index in [4.69, 9.17) is 0 Å². The number of anilines is 1. The second kappa shape index (κ2) is 6.49. The highest BCUT2D eigenvalue weighted by Gasteiger charge is 2.10. The summed E-state index contributed by atoms with van der Waals surface area (Å²) in [6.45, 7) is 0. The minimum absolute atomic E-state index is 0.179. The molecule has 1 N–H and O–H groups in total. The molecule has 0 unspecified atom stereocenters. The van der Waals surface area contributed by atoms with Crippen molar-refractivity contribution in [2.75, 3.05) is 5.32 Å². The predicted octanol–water partition coefficient (Wildman–Crippen LogP) is 4.62. The molecule has 1 amide bonds. The van der Waals surface area contributed by atoms with Crippen LogP contribution in [0.15, 0.2) is 60.8 Å². The summed E-state index contributed by atoms with van der Waals surface area (Å²) in [6, 6.07) is 16.8. The van der Waals surface area contributed by atoms with Crippen molar-refractivity contribution in [3.05, 3.63) is 66.4 Å². The van der Waals surface area contributed by atoms with Crippen LogP contribution in [0, 0.1) is 0 Å². The van der Waals surface area contributed by atoms with Crippen LogP contribution in [-0.4, -0.2) is 24.6 Å². The van der Waals surface area contributed by atoms with Crippen LogP contribution in [0.1, 0.15) is 10.4 Å². The van der Waals surface area contributed by atoms with Gasteiger partial charge in [-0.1, -0.05) is 11.3 Å². The van der Waals surface area contributed by atoms with E-state index in [0.29, 0.717) is 5.56 Å². The van der Waals surface area contributed by atoms with Crippen LogP contribution in [0.25, 0.3) is 32.0 Å². The van der Waals surface area contributed by atoms with E-state index in [9.17, 15) is 4.79 Å². The number of aromatic nitrogens is 4. The first-order chi connectivity index (χ1) is 13.3. The second-order valence-electron chi connectivity index (χ2n) is 5.85. The topological polar surface area (TPSA) is 80.7 Å². The van der Waals surface area contributed by atoms with Crippen molar-refractivity contribution in [1.82, 2.24) is 18.7 Å². The lowest BCUT2D eigenvalue weighted by atomic mass is 10.1. The van der Waals surface area contributed by atoms with Gasteiger partial charge in [-0.05, 0) is 54.6 Å². The molecule has 3 aromatic heterocycles. The Balaban J connectivity index is 1.37. The fourth-order valence-electron chi connectivity index (χ4n) is 2.72. The maximum absolute atomic E-state index is 12.5. The summed E-state index contributed by atoms with van der Waals surface area (Å²) < 4.78 is 8.32. The highest BCUT2D eigenvalue weighted by molar-refractivity contribution is 7.21. The molecular formula is C19H11N5OS2. The molecule has 0 atom stereocenters. The zero-order chi connectivity index (χ0) is 18.2. The van der Waals surface area contributed by atoms with Crippen LogP contribution >= 0.6 is 23.1 Å². The van der Waals surface area contributed by atoms with E-state index in [2.05, 4.69) is 24.0 Å². The standard InChI is InChI=1S/C19H11N5OS2/c25-17(12-5-8-14-16(10-12)24-27-23-14)21-13-6-3-11(4-7-13)18-22-15-2-1-9-20-19(15)26-18/h1-10H,(H,21,25). The lowest BCUT2D eigenvalue weighted by Gasteiger charge is -2.06. The van der Waals surface area contributed by atoms with Crippen molar-refractivity contribution in [3.63, 3.8) is 0 Å². The number of hydrogen-bond donors (Lipinski definition) is 1. The van der Waals surface area contributed by atoms with E-state index in [0.717, 1.165) is 49.4 Å². The van der Waals surface area contributed by atoms with Crippen LogP contribution in [0.2, 0.25) is 0 Å². The van der Waals surface area contributed by atoms with Gasteiger partial charge in [0.15, 0.2) is 0 Å². The van der Waals surface area contributed by atoms with Crippen molar-refractivity contribution in [3.8, 4) is 10.6 Å². The highest BCUT2D eigenvalue weighted by Crippen LogP contribution is 2.29. The number of fused-ring (bicyclic) bond motifs is 2. The Morgan fingerprint density at radius 3 is 2.63 bits per heavy atom. The zero-order valence-electron chi connectivity index (χ0n) is 13.8. The summed E-state index contributed by atoms with van der Waals surface area (Å²) in [5.41, 5.74) is 4.68. The van der Waals surface area contributed by atoms with Gasteiger partial charge in [0.05, 0.1) is 11.7 Å². The summed E-state index contributed by atoms with van der Waals surface area (Å²) in [7, 11) is 0. The Morgan fingerprint density at radius 2 is 1.78 bits per heavy atom. The maximum Gasteiger partial charge on any atom is 0.255 e. The summed E-state index contributed by atoms with van der Waals surface area (Å²) in [6.07, 6.45) is 1.77. The molecule has 6 nitrogen and oxygen atoms in total. The molecule has 0 spiro atoms. The SMILES string of the molecule is O=C(Nc1ccc(-c2nc3cccnc3s2)cc1)c1ccc2nsnc2c1. The fourth-order valence-corrected chi connectivity index (χ4v) is 4.15. The van der Waals surface area contributed by atoms with Crippen LogP contribution in [0.3, 0.4) is 0 Å². The molecule has 8 heteroatoms. The molecule has 27 heavy (non-hydrogen) atoms. The summed E-state index contributed by atoms with van der Waals surface area (Å²) in [5.74, 6) is -0.179. The molecule has 2 aromatic carbocycles. The average molecular weight is 389 g/mol. The molecule has 0 saturated heterocycles. The van der Waals surface area contributed by atoms with Crippen LogP contribution in [0.5, 0.6) is 0 Å². The fraction of sp³-hybridized carbons (Fsp3) is 0. The number of hydrogen-bond acceptors (Lipinski definition) is 7. The Bertz CT molecular complexity index is 1240. The van der Waals surface area contributed by atoms with Crippen LogP contribution < -0.4 is 5.32 Å². The summed E-state index contributed by atoms with van der Waals surface area (Å²) in [4.78, 5) is 22.3. The van der Waals surface area contributed by atoms with Gasteiger partial charge in [0.1, 0.15) is 26.4 Å². The minimum atomic E-state index is -0.179. The van der Waals surface area contributed by atoms with Crippen molar-refractivity contribution in [1.29, 1.82) is 0 Å². The molecule has 0 radical (unpaired) electrons. The molecule has 5 aromatic rings.